The molecule has 2 fully saturated rings. The third-order valence-electron chi connectivity index (χ3n) is 4.74. The first-order chi connectivity index (χ1) is 9.72. The topological polar surface area (TPSA) is 85.8 Å². The summed E-state index contributed by atoms with van der Waals surface area (Å²) in [7, 11) is 0. The second-order valence-electron chi connectivity index (χ2n) is 6.19. The predicted octanol–water partition coefficient (Wildman–Crippen LogP) is 1.11. The fraction of sp³-hybridized carbons (Fsp3) is 0.786. The van der Waals surface area contributed by atoms with Gasteiger partial charge in [-0.05, 0) is 37.5 Å². The highest BCUT2D eigenvalue weighted by atomic mass is 35.5. The molecule has 118 valence electrons. The highest BCUT2D eigenvalue weighted by Crippen LogP contribution is 2.39. The van der Waals surface area contributed by atoms with Crippen LogP contribution in [0.3, 0.4) is 0 Å². The van der Waals surface area contributed by atoms with E-state index in [-0.39, 0.29) is 18.3 Å². The summed E-state index contributed by atoms with van der Waals surface area (Å²) in [5, 5.41) is 10.9. The number of nitrogens with one attached hydrogen (secondary N) is 1. The fourth-order valence-corrected chi connectivity index (χ4v) is 3.85. The first kappa shape index (κ1) is 16.2. The Kier molecular flexibility index (Phi) is 5.58. The molecule has 21 heavy (non-hydrogen) atoms. The molecule has 7 heteroatoms. The van der Waals surface area contributed by atoms with Crippen molar-refractivity contribution in [1.29, 1.82) is 0 Å². The molecule has 2 aliphatic carbocycles. The van der Waals surface area contributed by atoms with Crippen molar-refractivity contribution >= 4 is 18.3 Å². The monoisotopic (exact) mass is 313 g/mol. The molecule has 0 radical (unpaired) electrons. The maximum atomic E-state index is 12.1. The van der Waals surface area contributed by atoms with E-state index < -0.39 is 0 Å². The summed E-state index contributed by atoms with van der Waals surface area (Å²) in [6.45, 7) is 0.591. The molecular formula is C14H24ClN5O. The van der Waals surface area contributed by atoms with Gasteiger partial charge in [-0.2, -0.15) is 0 Å². The first-order valence-electron chi connectivity index (χ1n) is 7.61. The molecule has 0 saturated heterocycles. The van der Waals surface area contributed by atoms with Gasteiger partial charge in [-0.25, -0.2) is 0 Å². The molecule has 2 bridgehead atoms. The molecule has 1 heterocycles. The molecule has 1 aromatic rings. The Morgan fingerprint density at radius 2 is 2.05 bits per heavy atom. The Labute approximate surface area is 131 Å². The van der Waals surface area contributed by atoms with Gasteiger partial charge in [0.05, 0.1) is 12.7 Å². The van der Waals surface area contributed by atoms with E-state index in [0.29, 0.717) is 36.9 Å². The Morgan fingerprint density at radius 3 is 2.67 bits per heavy atom. The van der Waals surface area contributed by atoms with Gasteiger partial charge >= 0.3 is 0 Å². The average molecular weight is 314 g/mol. The van der Waals surface area contributed by atoms with Gasteiger partial charge in [-0.3, -0.25) is 9.48 Å². The molecule has 0 aromatic carbocycles. The van der Waals surface area contributed by atoms with Crippen molar-refractivity contribution in [2.45, 2.75) is 57.2 Å². The molecule has 1 aromatic heterocycles. The van der Waals surface area contributed by atoms with Gasteiger partial charge in [0.1, 0.15) is 0 Å². The maximum Gasteiger partial charge on any atom is 0.222 e. The molecule has 6 nitrogen and oxygen atoms in total. The van der Waals surface area contributed by atoms with Crippen LogP contribution in [0.4, 0.5) is 0 Å². The molecule has 2 atom stereocenters. The number of carbonyl (C=O) groups excluding carboxylic acids is 1. The fourth-order valence-electron chi connectivity index (χ4n) is 3.85. The number of hydrogen-bond acceptors (Lipinski definition) is 4. The number of amides is 1. The summed E-state index contributed by atoms with van der Waals surface area (Å²) in [6.07, 6.45) is 9.69. The third-order valence-corrected chi connectivity index (χ3v) is 4.74. The van der Waals surface area contributed by atoms with Crippen molar-refractivity contribution in [3.63, 3.8) is 0 Å². The van der Waals surface area contributed by atoms with Gasteiger partial charge in [-0.15, -0.1) is 17.5 Å². The van der Waals surface area contributed by atoms with Crippen LogP contribution < -0.4 is 11.1 Å². The lowest BCUT2D eigenvalue weighted by Gasteiger charge is -2.45. The zero-order chi connectivity index (χ0) is 13.9. The average Bonchev–Trinajstić information content (AvgIpc) is 2.91. The van der Waals surface area contributed by atoms with Crippen molar-refractivity contribution in [2.24, 2.45) is 17.6 Å². The zero-order valence-corrected chi connectivity index (χ0v) is 13.0. The minimum Gasteiger partial charge on any atom is -0.353 e. The summed E-state index contributed by atoms with van der Waals surface area (Å²) in [5.41, 5.74) is 6.11. The second-order valence-corrected chi connectivity index (χ2v) is 6.19. The van der Waals surface area contributed by atoms with Crippen molar-refractivity contribution in [3.8, 4) is 0 Å². The summed E-state index contributed by atoms with van der Waals surface area (Å²) in [6, 6.07) is 0.667. The number of hydrogen-bond donors (Lipinski definition) is 2. The summed E-state index contributed by atoms with van der Waals surface area (Å²) < 4.78 is 1.69. The van der Waals surface area contributed by atoms with Crippen LogP contribution in [0.15, 0.2) is 12.4 Å². The summed E-state index contributed by atoms with van der Waals surface area (Å²) in [5.74, 6) is 1.28. The summed E-state index contributed by atoms with van der Waals surface area (Å²) in [4.78, 5) is 12.1. The van der Waals surface area contributed by atoms with E-state index in [0.717, 1.165) is 12.8 Å². The number of nitrogens with zero attached hydrogens (tertiary/aromatic N) is 3. The van der Waals surface area contributed by atoms with E-state index in [1.807, 2.05) is 0 Å². The lowest BCUT2D eigenvalue weighted by molar-refractivity contribution is -0.123. The van der Waals surface area contributed by atoms with Gasteiger partial charge in [0, 0.05) is 24.7 Å². The lowest BCUT2D eigenvalue weighted by atomic mass is 9.67. The molecule has 2 saturated carbocycles. The minimum atomic E-state index is 0. The number of halogens is 1. The number of fused-ring (bicyclic) bond motifs is 2. The molecular weight excluding hydrogens is 290 g/mol. The van der Waals surface area contributed by atoms with Crippen molar-refractivity contribution < 1.29 is 4.79 Å². The van der Waals surface area contributed by atoms with Crippen LogP contribution >= 0.6 is 12.4 Å². The van der Waals surface area contributed by atoms with Crippen LogP contribution in [-0.2, 0) is 11.3 Å². The van der Waals surface area contributed by atoms with Crippen molar-refractivity contribution in [2.75, 3.05) is 0 Å². The van der Waals surface area contributed by atoms with Crippen molar-refractivity contribution in [3.05, 3.63) is 12.4 Å². The second kappa shape index (κ2) is 7.22. The number of aromatic nitrogens is 3. The zero-order valence-electron chi connectivity index (χ0n) is 12.1. The molecule has 2 aliphatic rings. The van der Waals surface area contributed by atoms with Gasteiger partial charge in [0.2, 0.25) is 5.91 Å². The van der Waals surface area contributed by atoms with Crippen LogP contribution in [0.2, 0.25) is 0 Å². The summed E-state index contributed by atoms with van der Waals surface area (Å²) >= 11 is 0. The maximum absolute atomic E-state index is 12.1. The number of nitrogens with two attached hydrogens (primary N) is 1. The smallest absolute Gasteiger partial charge is 0.222 e. The number of aryl methyl sites for hydroxylation is 1. The standard InChI is InChI=1S/C14H23N5O.ClH/c15-12-8-10-2-1-3-11(9-12)14(10)17-13(20)4-6-19-7-5-16-18-19;/h5,7,10-12,14H,1-4,6,8-9,15H2,(H,17,20);1H. The Balaban J connectivity index is 0.00000161. The first-order valence-corrected chi connectivity index (χ1v) is 7.61. The highest BCUT2D eigenvalue weighted by molar-refractivity contribution is 5.85. The van der Waals surface area contributed by atoms with Crippen LogP contribution in [0.1, 0.15) is 38.5 Å². The van der Waals surface area contributed by atoms with E-state index in [9.17, 15) is 4.79 Å². The van der Waals surface area contributed by atoms with E-state index >= 15 is 0 Å². The van der Waals surface area contributed by atoms with Gasteiger partial charge in [0.25, 0.3) is 0 Å². The van der Waals surface area contributed by atoms with E-state index in [2.05, 4.69) is 15.6 Å². The van der Waals surface area contributed by atoms with Crippen molar-refractivity contribution in [1.82, 2.24) is 20.3 Å². The lowest BCUT2D eigenvalue weighted by Crippen LogP contribution is -2.53. The number of carbonyl (C=O) groups is 1. The largest absolute Gasteiger partial charge is 0.353 e. The quantitative estimate of drug-likeness (QED) is 0.872. The van der Waals surface area contributed by atoms with Gasteiger partial charge < -0.3 is 11.1 Å². The highest BCUT2D eigenvalue weighted by Gasteiger charge is 2.39. The van der Waals surface area contributed by atoms with Crippen LogP contribution in [0, 0.1) is 11.8 Å². The van der Waals surface area contributed by atoms with Crippen LogP contribution in [0.25, 0.3) is 0 Å². The molecule has 2 unspecified atom stereocenters. The Morgan fingerprint density at radius 1 is 1.33 bits per heavy atom. The minimum absolute atomic E-state index is 0. The van der Waals surface area contributed by atoms with E-state index in [4.69, 9.17) is 5.73 Å². The van der Waals surface area contributed by atoms with Gasteiger partial charge in [0.15, 0.2) is 0 Å². The third kappa shape index (κ3) is 3.95. The Bertz CT molecular complexity index is 438. The van der Waals surface area contributed by atoms with Crippen LogP contribution in [0.5, 0.6) is 0 Å². The molecule has 3 rings (SSSR count). The molecule has 1 amide bonds. The SMILES string of the molecule is Cl.NC1CC2CCCC(C1)C2NC(=O)CCn1ccnn1. The predicted molar refractivity (Wildman–Crippen MR) is 81.9 cm³/mol. The normalized spacial score (nSPS) is 31.3. The molecule has 3 N–H and O–H groups in total. The number of rotatable bonds is 4. The molecule has 0 spiro atoms. The van der Waals surface area contributed by atoms with Crippen LogP contribution in [-0.4, -0.2) is 33.0 Å². The van der Waals surface area contributed by atoms with E-state index in [1.54, 1.807) is 17.1 Å². The van der Waals surface area contributed by atoms with Gasteiger partial charge in [-0.1, -0.05) is 11.6 Å². The molecule has 0 aliphatic heterocycles. The Hall–Kier alpha value is -1.14. The van der Waals surface area contributed by atoms with E-state index in [1.165, 1.54) is 19.3 Å².